The molecule has 0 aliphatic heterocycles. The largest absolute Gasteiger partial charge is 0.476 e. The van der Waals surface area contributed by atoms with Crippen molar-refractivity contribution >= 4 is 5.97 Å². The van der Waals surface area contributed by atoms with E-state index in [1.807, 2.05) is 6.92 Å². The lowest BCUT2D eigenvalue weighted by Crippen LogP contribution is -2.02. The number of carbonyl (C=O) groups is 1. The minimum atomic E-state index is -1.01. The predicted molar refractivity (Wildman–Crippen MR) is 42.0 cm³/mol. The summed E-state index contributed by atoms with van der Waals surface area (Å²) < 4.78 is 0. The molecular weight excluding hydrogens is 158 g/mol. The summed E-state index contributed by atoms with van der Waals surface area (Å²) in [6, 6.07) is 0. The van der Waals surface area contributed by atoms with E-state index < -0.39 is 5.97 Å². The second kappa shape index (κ2) is 3.34. The fourth-order valence-corrected chi connectivity index (χ4v) is 1.02. The zero-order valence-electron chi connectivity index (χ0n) is 7.11. The molecule has 66 valence electrons. The normalized spacial score (nSPS) is 10.2. The van der Waals surface area contributed by atoms with Crippen LogP contribution in [0.5, 0.6) is 0 Å². The Morgan fingerprint density at radius 1 is 1.58 bits per heavy atom. The zero-order chi connectivity index (χ0) is 9.14. The van der Waals surface area contributed by atoms with Crippen LogP contribution in [-0.4, -0.2) is 26.1 Å². The second-order valence-electron chi connectivity index (χ2n) is 2.54. The van der Waals surface area contributed by atoms with E-state index in [4.69, 9.17) is 5.11 Å². The van der Waals surface area contributed by atoms with Gasteiger partial charge in [-0.2, -0.15) is 9.90 Å². The average molecular weight is 169 g/mol. The van der Waals surface area contributed by atoms with Crippen molar-refractivity contribution in [1.29, 1.82) is 0 Å². The van der Waals surface area contributed by atoms with E-state index >= 15 is 0 Å². The summed E-state index contributed by atoms with van der Waals surface area (Å²) in [5.74, 6) is -1.01. The summed E-state index contributed by atoms with van der Waals surface area (Å²) >= 11 is 0. The number of carboxylic acids is 1. The van der Waals surface area contributed by atoms with Crippen molar-refractivity contribution in [1.82, 2.24) is 15.0 Å². The van der Waals surface area contributed by atoms with Crippen molar-refractivity contribution in [2.75, 3.05) is 0 Å². The van der Waals surface area contributed by atoms with Gasteiger partial charge in [0.2, 0.25) is 0 Å². The summed E-state index contributed by atoms with van der Waals surface area (Å²) in [6.45, 7) is 1.97. The molecule has 0 radical (unpaired) electrons. The molecule has 0 amide bonds. The Labute approximate surface area is 70.0 Å². The molecule has 1 aromatic heterocycles. The maximum absolute atomic E-state index is 10.6. The highest BCUT2D eigenvalue weighted by molar-refractivity contribution is 5.86. The Balaban J connectivity index is 2.99. The van der Waals surface area contributed by atoms with Gasteiger partial charge in [0.05, 0.1) is 5.69 Å². The molecule has 0 aliphatic rings. The van der Waals surface area contributed by atoms with E-state index in [0.29, 0.717) is 12.1 Å². The maximum Gasteiger partial charge on any atom is 0.358 e. The molecule has 0 fully saturated rings. The summed E-state index contributed by atoms with van der Waals surface area (Å²) in [6.07, 6.45) is 1.54. The fourth-order valence-electron chi connectivity index (χ4n) is 1.02. The van der Waals surface area contributed by atoms with Gasteiger partial charge >= 0.3 is 5.97 Å². The van der Waals surface area contributed by atoms with Gasteiger partial charge in [-0.3, -0.25) is 0 Å². The molecule has 0 saturated heterocycles. The molecule has 12 heavy (non-hydrogen) atoms. The van der Waals surface area contributed by atoms with E-state index in [2.05, 4.69) is 10.2 Å². The summed E-state index contributed by atoms with van der Waals surface area (Å²) in [5.41, 5.74) is 0.631. The minimum Gasteiger partial charge on any atom is -0.476 e. The Bertz CT molecular complexity index is 293. The molecule has 0 spiro atoms. The van der Waals surface area contributed by atoms with Gasteiger partial charge in [0.15, 0.2) is 5.69 Å². The quantitative estimate of drug-likeness (QED) is 0.714. The predicted octanol–water partition coefficient (Wildman–Crippen LogP) is 0.466. The minimum absolute atomic E-state index is 0.0688. The van der Waals surface area contributed by atoms with Gasteiger partial charge in [0.1, 0.15) is 0 Å². The maximum atomic E-state index is 10.6. The van der Waals surface area contributed by atoms with Crippen molar-refractivity contribution in [2.24, 2.45) is 7.05 Å². The van der Waals surface area contributed by atoms with E-state index in [9.17, 15) is 4.79 Å². The number of hydrogen-bond donors (Lipinski definition) is 1. The summed E-state index contributed by atoms with van der Waals surface area (Å²) in [4.78, 5) is 11.9. The number of aromatic nitrogens is 3. The molecule has 1 aromatic rings. The van der Waals surface area contributed by atoms with Gasteiger partial charge in [-0.1, -0.05) is 13.3 Å². The molecule has 0 bridgehead atoms. The van der Waals surface area contributed by atoms with E-state index in [1.165, 1.54) is 4.80 Å². The molecule has 0 aromatic carbocycles. The molecule has 1 heterocycles. The third kappa shape index (κ3) is 1.61. The van der Waals surface area contributed by atoms with Gasteiger partial charge in [-0.05, 0) is 6.42 Å². The van der Waals surface area contributed by atoms with Crippen molar-refractivity contribution in [3.8, 4) is 0 Å². The highest BCUT2D eigenvalue weighted by Crippen LogP contribution is 2.04. The number of carboxylic acid groups (broad SMARTS) is 1. The summed E-state index contributed by atoms with van der Waals surface area (Å²) in [7, 11) is 1.62. The van der Waals surface area contributed by atoms with E-state index in [1.54, 1.807) is 7.05 Å². The standard InChI is InChI=1S/C7H11N3O2/c1-3-4-5-6(7(11)12)9-10(2)8-5/h3-4H2,1-2H3,(H,11,12). The lowest BCUT2D eigenvalue weighted by Gasteiger charge is -1.90. The fraction of sp³-hybridized carbons (Fsp3) is 0.571. The van der Waals surface area contributed by atoms with Crippen LogP contribution in [0.3, 0.4) is 0 Å². The van der Waals surface area contributed by atoms with Gasteiger partial charge in [-0.15, -0.1) is 5.10 Å². The third-order valence-corrected chi connectivity index (χ3v) is 1.47. The first kappa shape index (κ1) is 8.70. The Hall–Kier alpha value is -1.39. The molecule has 5 heteroatoms. The van der Waals surface area contributed by atoms with Crippen LogP contribution in [0.1, 0.15) is 29.5 Å². The molecule has 0 saturated carbocycles. The number of hydrogen-bond acceptors (Lipinski definition) is 3. The second-order valence-corrected chi connectivity index (χ2v) is 2.54. The number of aromatic carboxylic acids is 1. The van der Waals surface area contributed by atoms with Crippen LogP contribution in [0.25, 0.3) is 0 Å². The van der Waals surface area contributed by atoms with Crippen LogP contribution in [0.4, 0.5) is 0 Å². The highest BCUT2D eigenvalue weighted by atomic mass is 16.4. The number of nitrogens with zero attached hydrogens (tertiary/aromatic N) is 3. The molecular formula is C7H11N3O2. The van der Waals surface area contributed by atoms with Crippen LogP contribution in [0, 0.1) is 0 Å². The number of rotatable bonds is 3. The first-order chi connectivity index (χ1) is 5.65. The molecule has 0 aliphatic carbocycles. The SMILES string of the molecule is CCCc1nn(C)nc1C(=O)O. The van der Waals surface area contributed by atoms with Gasteiger partial charge in [-0.25, -0.2) is 4.79 Å². The van der Waals surface area contributed by atoms with Crippen LogP contribution in [-0.2, 0) is 13.5 Å². The number of aryl methyl sites for hydroxylation is 2. The van der Waals surface area contributed by atoms with Gasteiger partial charge in [0, 0.05) is 7.05 Å². The molecule has 5 nitrogen and oxygen atoms in total. The summed E-state index contributed by atoms with van der Waals surface area (Å²) in [5, 5.41) is 16.4. The topological polar surface area (TPSA) is 68.0 Å². The van der Waals surface area contributed by atoms with E-state index in [-0.39, 0.29) is 5.69 Å². The van der Waals surface area contributed by atoms with Gasteiger partial charge in [0.25, 0.3) is 0 Å². The molecule has 0 unspecified atom stereocenters. The Morgan fingerprint density at radius 3 is 2.75 bits per heavy atom. The lowest BCUT2D eigenvalue weighted by molar-refractivity contribution is 0.0688. The van der Waals surface area contributed by atoms with Crippen LogP contribution < -0.4 is 0 Å². The van der Waals surface area contributed by atoms with Crippen molar-refractivity contribution in [2.45, 2.75) is 19.8 Å². The van der Waals surface area contributed by atoms with Crippen molar-refractivity contribution < 1.29 is 9.90 Å². The Kier molecular flexibility index (Phi) is 2.42. The smallest absolute Gasteiger partial charge is 0.358 e. The van der Waals surface area contributed by atoms with Gasteiger partial charge < -0.3 is 5.11 Å². The Morgan fingerprint density at radius 2 is 2.25 bits per heavy atom. The third-order valence-electron chi connectivity index (χ3n) is 1.47. The molecule has 1 rings (SSSR count). The molecule has 1 N–H and O–H groups in total. The lowest BCUT2D eigenvalue weighted by atomic mass is 10.2. The zero-order valence-corrected chi connectivity index (χ0v) is 7.11. The highest BCUT2D eigenvalue weighted by Gasteiger charge is 2.14. The van der Waals surface area contributed by atoms with Crippen molar-refractivity contribution in [3.63, 3.8) is 0 Å². The first-order valence-corrected chi connectivity index (χ1v) is 3.78. The average Bonchev–Trinajstić information content (AvgIpc) is 2.32. The van der Waals surface area contributed by atoms with Crippen molar-refractivity contribution in [3.05, 3.63) is 11.4 Å². The molecule has 0 atom stereocenters. The van der Waals surface area contributed by atoms with E-state index in [0.717, 1.165) is 6.42 Å². The van der Waals surface area contributed by atoms with Crippen LogP contribution >= 0.6 is 0 Å². The van der Waals surface area contributed by atoms with Crippen LogP contribution in [0.2, 0.25) is 0 Å². The monoisotopic (exact) mass is 169 g/mol. The van der Waals surface area contributed by atoms with Crippen LogP contribution in [0.15, 0.2) is 0 Å². The first-order valence-electron chi connectivity index (χ1n) is 3.78.